The van der Waals surface area contributed by atoms with Crippen molar-refractivity contribution in [2.24, 2.45) is 0 Å². The molecule has 1 amide bonds. The molecule has 0 saturated carbocycles. The minimum Gasteiger partial charge on any atom is -0.451 e. The van der Waals surface area contributed by atoms with Gasteiger partial charge in [0.05, 0.1) is 18.8 Å². The van der Waals surface area contributed by atoms with Gasteiger partial charge in [0, 0.05) is 17.6 Å². The fraction of sp³-hybridized carbons (Fsp3) is 0.400. The van der Waals surface area contributed by atoms with Crippen molar-refractivity contribution < 1.29 is 13.9 Å². The molecular weight excluding hydrogens is 256 g/mol. The lowest BCUT2D eigenvalue weighted by Gasteiger charge is -2.36. The maximum Gasteiger partial charge on any atom is 0.290 e. The number of nitrogens with zero attached hydrogens (tertiary/aromatic N) is 1. The van der Waals surface area contributed by atoms with Crippen molar-refractivity contribution in [3.8, 4) is 0 Å². The lowest BCUT2D eigenvalue weighted by molar-refractivity contribution is -0.0395. The van der Waals surface area contributed by atoms with Gasteiger partial charge in [-0.3, -0.25) is 4.79 Å². The topological polar surface area (TPSA) is 68.7 Å². The van der Waals surface area contributed by atoms with Crippen molar-refractivity contribution in [3.63, 3.8) is 0 Å². The molecule has 1 aromatic heterocycles. The molecule has 106 valence electrons. The predicted molar refractivity (Wildman–Crippen MR) is 76.5 cm³/mol. The second kappa shape index (κ2) is 4.83. The van der Waals surface area contributed by atoms with E-state index in [0.717, 1.165) is 5.39 Å². The minimum absolute atomic E-state index is 0.0511. The number of benzene rings is 1. The van der Waals surface area contributed by atoms with Gasteiger partial charge in [0.2, 0.25) is 0 Å². The van der Waals surface area contributed by atoms with E-state index in [9.17, 15) is 4.79 Å². The number of morpholine rings is 1. The molecule has 3 rings (SSSR count). The normalized spacial score (nSPS) is 23.2. The van der Waals surface area contributed by atoms with Crippen LogP contribution in [0.3, 0.4) is 0 Å². The molecular formula is C15H18N2O3. The Morgan fingerprint density at radius 2 is 2.15 bits per heavy atom. The number of furan rings is 1. The van der Waals surface area contributed by atoms with Gasteiger partial charge >= 0.3 is 0 Å². The molecule has 5 heteroatoms. The highest BCUT2D eigenvalue weighted by molar-refractivity contribution is 5.96. The number of hydrogen-bond donors (Lipinski definition) is 1. The number of carbonyl (C=O) groups excluding carboxylic acids is 1. The maximum absolute atomic E-state index is 12.6. The van der Waals surface area contributed by atoms with Crippen LogP contribution in [0.25, 0.3) is 11.0 Å². The summed E-state index contributed by atoms with van der Waals surface area (Å²) in [5, 5.41) is 0.849. The molecule has 20 heavy (non-hydrogen) atoms. The van der Waals surface area contributed by atoms with E-state index in [0.29, 0.717) is 30.2 Å². The number of amides is 1. The van der Waals surface area contributed by atoms with Crippen LogP contribution in [0.2, 0.25) is 0 Å². The summed E-state index contributed by atoms with van der Waals surface area (Å²) in [6, 6.07) is 7.16. The van der Waals surface area contributed by atoms with Gasteiger partial charge in [-0.25, -0.2) is 0 Å². The van der Waals surface area contributed by atoms with Crippen molar-refractivity contribution in [2.75, 3.05) is 18.9 Å². The first-order valence-corrected chi connectivity index (χ1v) is 6.76. The molecule has 2 N–H and O–H groups in total. The van der Waals surface area contributed by atoms with E-state index in [1.54, 1.807) is 29.2 Å². The number of carbonyl (C=O) groups is 1. The van der Waals surface area contributed by atoms with E-state index < -0.39 is 0 Å². The summed E-state index contributed by atoms with van der Waals surface area (Å²) >= 11 is 0. The zero-order chi connectivity index (χ0) is 14.3. The van der Waals surface area contributed by atoms with Gasteiger partial charge in [-0.1, -0.05) is 0 Å². The van der Waals surface area contributed by atoms with Crippen LogP contribution in [-0.2, 0) is 4.74 Å². The van der Waals surface area contributed by atoms with Crippen LogP contribution in [0, 0.1) is 0 Å². The first-order chi connectivity index (χ1) is 9.54. The Morgan fingerprint density at radius 3 is 2.95 bits per heavy atom. The number of anilines is 1. The Morgan fingerprint density at radius 1 is 1.35 bits per heavy atom. The zero-order valence-electron chi connectivity index (χ0n) is 11.6. The summed E-state index contributed by atoms with van der Waals surface area (Å²) in [5.41, 5.74) is 7.07. The second-order valence-corrected chi connectivity index (χ2v) is 5.36. The molecule has 1 aliphatic heterocycles. The van der Waals surface area contributed by atoms with Crippen LogP contribution in [0.4, 0.5) is 5.69 Å². The first-order valence-electron chi connectivity index (χ1n) is 6.76. The standard InChI is InChI=1S/C15H18N2O3/c1-9-8-19-10(2)7-17(9)15(18)14-6-11-5-12(16)3-4-13(11)20-14/h3-6,9-10H,7-8,16H2,1-2H3. The Bertz CT molecular complexity index is 650. The van der Waals surface area contributed by atoms with E-state index in [2.05, 4.69) is 0 Å². The van der Waals surface area contributed by atoms with Crippen molar-refractivity contribution in [1.82, 2.24) is 4.90 Å². The quantitative estimate of drug-likeness (QED) is 0.810. The monoisotopic (exact) mass is 274 g/mol. The van der Waals surface area contributed by atoms with Gasteiger partial charge in [0.25, 0.3) is 5.91 Å². The molecule has 0 bridgehead atoms. The van der Waals surface area contributed by atoms with Crippen molar-refractivity contribution in [2.45, 2.75) is 26.0 Å². The molecule has 1 aliphatic rings. The van der Waals surface area contributed by atoms with Gasteiger partial charge in [0.15, 0.2) is 5.76 Å². The Kier molecular flexibility index (Phi) is 3.14. The van der Waals surface area contributed by atoms with Crippen LogP contribution in [0.1, 0.15) is 24.4 Å². The highest BCUT2D eigenvalue weighted by atomic mass is 16.5. The van der Waals surface area contributed by atoms with Crippen LogP contribution in [0.5, 0.6) is 0 Å². The molecule has 2 aromatic rings. The van der Waals surface area contributed by atoms with E-state index in [-0.39, 0.29) is 18.1 Å². The van der Waals surface area contributed by atoms with Gasteiger partial charge < -0.3 is 19.8 Å². The molecule has 5 nitrogen and oxygen atoms in total. The second-order valence-electron chi connectivity index (χ2n) is 5.36. The summed E-state index contributed by atoms with van der Waals surface area (Å²) in [6.45, 7) is 5.08. The van der Waals surface area contributed by atoms with Gasteiger partial charge in [-0.05, 0) is 38.1 Å². The summed E-state index contributed by atoms with van der Waals surface area (Å²) in [5.74, 6) is 0.258. The van der Waals surface area contributed by atoms with Gasteiger partial charge in [0.1, 0.15) is 5.58 Å². The molecule has 2 heterocycles. The molecule has 1 saturated heterocycles. The van der Waals surface area contributed by atoms with Crippen molar-refractivity contribution >= 4 is 22.6 Å². The third-order valence-corrected chi connectivity index (χ3v) is 3.62. The predicted octanol–water partition coefficient (Wildman–Crippen LogP) is 2.26. The van der Waals surface area contributed by atoms with E-state index >= 15 is 0 Å². The molecule has 2 unspecified atom stereocenters. The number of hydrogen-bond acceptors (Lipinski definition) is 4. The summed E-state index contributed by atoms with van der Waals surface area (Å²) in [6.07, 6.45) is 0.0511. The molecule has 0 spiro atoms. The highest BCUT2D eigenvalue weighted by Crippen LogP contribution is 2.24. The fourth-order valence-corrected chi connectivity index (χ4v) is 2.49. The van der Waals surface area contributed by atoms with Crippen LogP contribution >= 0.6 is 0 Å². The maximum atomic E-state index is 12.6. The van der Waals surface area contributed by atoms with Crippen LogP contribution in [0.15, 0.2) is 28.7 Å². The third-order valence-electron chi connectivity index (χ3n) is 3.62. The van der Waals surface area contributed by atoms with Crippen molar-refractivity contribution in [3.05, 3.63) is 30.0 Å². The molecule has 1 fully saturated rings. The number of rotatable bonds is 1. The molecule has 2 atom stereocenters. The molecule has 0 aliphatic carbocycles. The average molecular weight is 274 g/mol. The highest BCUT2D eigenvalue weighted by Gasteiger charge is 2.30. The van der Waals surface area contributed by atoms with Gasteiger partial charge in [-0.2, -0.15) is 0 Å². The number of nitrogen functional groups attached to an aromatic ring is 1. The Balaban J connectivity index is 1.91. The number of nitrogens with two attached hydrogens (primary N) is 1. The average Bonchev–Trinajstić information content (AvgIpc) is 2.83. The first kappa shape index (κ1) is 13.0. The zero-order valence-corrected chi connectivity index (χ0v) is 11.6. The van der Waals surface area contributed by atoms with Crippen LogP contribution in [-0.4, -0.2) is 36.1 Å². The number of fused-ring (bicyclic) bond motifs is 1. The summed E-state index contributed by atoms with van der Waals surface area (Å²) in [4.78, 5) is 14.4. The van der Waals surface area contributed by atoms with Crippen LogP contribution < -0.4 is 5.73 Å². The molecule has 1 aromatic carbocycles. The van der Waals surface area contributed by atoms with E-state index in [1.807, 2.05) is 13.8 Å². The smallest absolute Gasteiger partial charge is 0.290 e. The Labute approximate surface area is 117 Å². The lowest BCUT2D eigenvalue weighted by atomic mass is 10.2. The lowest BCUT2D eigenvalue weighted by Crippen LogP contribution is -2.50. The third kappa shape index (κ3) is 2.25. The Hall–Kier alpha value is -2.01. The summed E-state index contributed by atoms with van der Waals surface area (Å²) < 4.78 is 11.2. The van der Waals surface area contributed by atoms with E-state index in [1.165, 1.54) is 0 Å². The summed E-state index contributed by atoms with van der Waals surface area (Å²) in [7, 11) is 0. The van der Waals surface area contributed by atoms with Gasteiger partial charge in [-0.15, -0.1) is 0 Å². The van der Waals surface area contributed by atoms with E-state index in [4.69, 9.17) is 14.9 Å². The minimum atomic E-state index is -0.0950. The fourth-order valence-electron chi connectivity index (χ4n) is 2.49. The molecule has 0 radical (unpaired) electrons. The largest absolute Gasteiger partial charge is 0.451 e. The number of ether oxygens (including phenoxy) is 1. The van der Waals surface area contributed by atoms with Crippen molar-refractivity contribution in [1.29, 1.82) is 0 Å². The SMILES string of the molecule is CC1CN(C(=O)c2cc3cc(N)ccc3o2)C(C)CO1.